The van der Waals surface area contributed by atoms with Crippen LogP contribution in [0, 0.1) is 6.92 Å². The van der Waals surface area contributed by atoms with Gasteiger partial charge in [0.25, 0.3) is 0 Å². The molecule has 0 radical (unpaired) electrons. The van der Waals surface area contributed by atoms with Gasteiger partial charge in [0.05, 0.1) is 10.8 Å². The molecule has 0 aliphatic carbocycles. The van der Waals surface area contributed by atoms with Crippen molar-refractivity contribution < 1.29 is 4.21 Å². The normalized spacial score (nSPS) is 13.0. The molecule has 0 fully saturated rings. The second kappa shape index (κ2) is 5.70. The summed E-state index contributed by atoms with van der Waals surface area (Å²) in [5, 5.41) is 2.94. The van der Waals surface area contributed by atoms with E-state index < -0.39 is 10.8 Å². The molecule has 1 aromatic heterocycles. The first-order chi connectivity index (χ1) is 10.1. The Balaban J connectivity index is 1.89. The summed E-state index contributed by atoms with van der Waals surface area (Å²) in [7, 11) is 0.909. The standard InChI is InChI=1S/C18H17NOS/c1-14-7-9-17(10-8-14)21(20)12-11-16-13-15-5-3-4-6-18(15)19(16)2/h3-13H,1-2H3/b12-11+. The molecule has 2 aromatic carbocycles. The third-order valence-corrected chi connectivity index (χ3v) is 4.72. The Hall–Kier alpha value is -2.13. The van der Waals surface area contributed by atoms with Crippen molar-refractivity contribution in [2.24, 2.45) is 7.05 Å². The molecule has 0 saturated heterocycles. The van der Waals surface area contributed by atoms with Crippen LogP contribution in [0.5, 0.6) is 0 Å². The maximum absolute atomic E-state index is 12.3. The van der Waals surface area contributed by atoms with Gasteiger partial charge in [-0.1, -0.05) is 35.9 Å². The van der Waals surface area contributed by atoms with Gasteiger partial charge >= 0.3 is 0 Å². The summed E-state index contributed by atoms with van der Waals surface area (Å²) in [5.41, 5.74) is 3.41. The molecule has 3 aromatic rings. The van der Waals surface area contributed by atoms with E-state index in [1.54, 1.807) is 5.41 Å². The molecule has 0 aliphatic heterocycles. The summed E-state index contributed by atoms with van der Waals surface area (Å²) in [5.74, 6) is 0. The van der Waals surface area contributed by atoms with Gasteiger partial charge in [0.1, 0.15) is 0 Å². The Morgan fingerprint density at radius 1 is 1.05 bits per heavy atom. The third kappa shape index (κ3) is 2.83. The van der Waals surface area contributed by atoms with Crippen LogP contribution in [0.3, 0.4) is 0 Å². The maximum atomic E-state index is 12.3. The van der Waals surface area contributed by atoms with Crippen LogP contribution in [0.4, 0.5) is 0 Å². The van der Waals surface area contributed by atoms with Crippen LogP contribution >= 0.6 is 0 Å². The minimum Gasteiger partial charge on any atom is -0.344 e. The lowest BCUT2D eigenvalue weighted by atomic mass is 10.2. The minimum atomic E-state index is -1.12. The monoisotopic (exact) mass is 295 g/mol. The number of hydrogen-bond donors (Lipinski definition) is 0. The van der Waals surface area contributed by atoms with Crippen molar-refractivity contribution in [2.45, 2.75) is 11.8 Å². The molecule has 0 spiro atoms. The largest absolute Gasteiger partial charge is 0.344 e. The SMILES string of the molecule is Cc1ccc(S(=O)/C=C/c2cc3ccccc3n2C)cc1. The van der Waals surface area contributed by atoms with E-state index in [4.69, 9.17) is 0 Å². The van der Waals surface area contributed by atoms with Crippen molar-refractivity contribution in [3.8, 4) is 0 Å². The van der Waals surface area contributed by atoms with E-state index in [9.17, 15) is 4.21 Å². The zero-order valence-electron chi connectivity index (χ0n) is 12.1. The molecule has 2 nitrogen and oxygen atoms in total. The van der Waals surface area contributed by atoms with Crippen LogP contribution in [-0.2, 0) is 17.8 Å². The summed E-state index contributed by atoms with van der Waals surface area (Å²) in [6.45, 7) is 2.03. The Kier molecular flexibility index (Phi) is 3.76. The van der Waals surface area contributed by atoms with Crippen LogP contribution in [-0.4, -0.2) is 8.78 Å². The van der Waals surface area contributed by atoms with Gasteiger partial charge < -0.3 is 4.57 Å². The smallest absolute Gasteiger partial charge is 0.0776 e. The van der Waals surface area contributed by atoms with E-state index in [1.165, 1.54) is 16.5 Å². The second-order valence-corrected chi connectivity index (χ2v) is 6.44. The highest BCUT2D eigenvalue weighted by Gasteiger charge is 2.03. The fourth-order valence-electron chi connectivity index (χ4n) is 2.35. The molecule has 21 heavy (non-hydrogen) atoms. The molecule has 3 rings (SSSR count). The number of rotatable bonds is 3. The van der Waals surface area contributed by atoms with Crippen LogP contribution < -0.4 is 0 Å². The number of aromatic nitrogens is 1. The van der Waals surface area contributed by atoms with Crippen molar-refractivity contribution in [2.75, 3.05) is 0 Å². The van der Waals surface area contributed by atoms with Crippen molar-refractivity contribution in [3.05, 3.63) is 71.3 Å². The highest BCUT2D eigenvalue weighted by molar-refractivity contribution is 7.88. The summed E-state index contributed by atoms with van der Waals surface area (Å²) >= 11 is 0. The van der Waals surface area contributed by atoms with Crippen molar-refractivity contribution in [1.29, 1.82) is 0 Å². The van der Waals surface area contributed by atoms with E-state index in [-0.39, 0.29) is 0 Å². The van der Waals surface area contributed by atoms with Gasteiger partial charge in [0, 0.05) is 33.9 Å². The zero-order valence-corrected chi connectivity index (χ0v) is 12.9. The molecule has 106 valence electrons. The van der Waals surface area contributed by atoms with E-state index in [2.05, 4.69) is 22.8 Å². The van der Waals surface area contributed by atoms with E-state index in [0.717, 1.165) is 10.6 Å². The Morgan fingerprint density at radius 3 is 2.48 bits per heavy atom. The summed E-state index contributed by atoms with van der Waals surface area (Å²) in [6, 6.07) is 18.1. The predicted molar refractivity (Wildman–Crippen MR) is 89.5 cm³/mol. The molecule has 0 amide bonds. The first-order valence-electron chi connectivity index (χ1n) is 6.85. The lowest BCUT2D eigenvalue weighted by Crippen LogP contribution is -1.91. The summed E-state index contributed by atoms with van der Waals surface area (Å²) in [4.78, 5) is 0.829. The van der Waals surface area contributed by atoms with Crippen LogP contribution in [0.25, 0.3) is 17.0 Å². The van der Waals surface area contributed by atoms with Gasteiger partial charge in [-0.05, 0) is 37.3 Å². The maximum Gasteiger partial charge on any atom is 0.0776 e. The van der Waals surface area contributed by atoms with Crippen molar-refractivity contribution >= 4 is 27.8 Å². The van der Waals surface area contributed by atoms with Gasteiger partial charge in [-0.15, -0.1) is 0 Å². The highest BCUT2D eigenvalue weighted by Crippen LogP contribution is 2.20. The zero-order chi connectivity index (χ0) is 14.8. The lowest BCUT2D eigenvalue weighted by Gasteiger charge is -2.00. The molecule has 1 heterocycles. The third-order valence-electron chi connectivity index (χ3n) is 3.60. The molecule has 1 unspecified atom stereocenters. The minimum absolute atomic E-state index is 0.829. The van der Waals surface area contributed by atoms with Crippen LogP contribution in [0.2, 0.25) is 0 Å². The van der Waals surface area contributed by atoms with E-state index in [0.29, 0.717) is 0 Å². The Morgan fingerprint density at radius 2 is 1.76 bits per heavy atom. The van der Waals surface area contributed by atoms with Crippen molar-refractivity contribution in [1.82, 2.24) is 4.57 Å². The lowest BCUT2D eigenvalue weighted by molar-refractivity contribution is 0.688. The van der Waals surface area contributed by atoms with Gasteiger partial charge in [-0.25, -0.2) is 4.21 Å². The van der Waals surface area contributed by atoms with Gasteiger partial charge in [-0.2, -0.15) is 0 Å². The molecule has 3 heteroatoms. The van der Waals surface area contributed by atoms with Crippen LogP contribution in [0.1, 0.15) is 11.3 Å². The number of fused-ring (bicyclic) bond motifs is 1. The number of para-hydroxylation sites is 1. The van der Waals surface area contributed by atoms with Gasteiger partial charge in [-0.3, -0.25) is 0 Å². The van der Waals surface area contributed by atoms with E-state index >= 15 is 0 Å². The molecule has 0 N–H and O–H groups in total. The molecular formula is C18H17NOS. The topological polar surface area (TPSA) is 22.0 Å². The molecule has 0 bridgehead atoms. The molecular weight excluding hydrogens is 278 g/mol. The Labute approximate surface area is 127 Å². The number of aryl methyl sites for hydroxylation is 2. The first-order valence-corrected chi connectivity index (χ1v) is 8.06. The van der Waals surface area contributed by atoms with Gasteiger partial charge in [0.2, 0.25) is 0 Å². The summed E-state index contributed by atoms with van der Waals surface area (Å²) < 4.78 is 14.4. The fourth-order valence-corrected chi connectivity index (χ4v) is 3.18. The average molecular weight is 295 g/mol. The second-order valence-electron chi connectivity index (χ2n) is 5.10. The molecule has 1 atom stereocenters. The van der Waals surface area contributed by atoms with Gasteiger partial charge in [0.15, 0.2) is 0 Å². The number of hydrogen-bond acceptors (Lipinski definition) is 1. The number of benzene rings is 2. The first kappa shape index (κ1) is 13.8. The fraction of sp³-hybridized carbons (Fsp3) is 0.111. The number of nitrogens with zero attached hydrogens (tertiary/aromatic N) is 1. The Bertz CT molecular complexity index is 828. The quantitative estimate of drug-likeness (QED) is 0.707. The van der Waals surface area contributed by atoms with Crippen LogP contribution in [0.15, 0.2) is 64.9 Å². The summed E-state index contributed by atoms with van der Waals surface area (Å²) in [6.07, 6.45) is 1.93. The average Bonchev–Trinajstić information content (AvgIpc) is 2.82. The molecule has 0 saturated carbocycles. The predicted octanol–water partition coefficient (Wildman–Crippen LogP) is 4.27. The van der Waals surface area contributed by atoms with E-state index in [1.807, 2.05) is 56.4 Å². The molecule has 0 aliphatic rings. The highest BCUT2D eigenvalue weighted by atomic mass is 32.2. The van der Waals surface area contributed by atoms with Crippen molar-refractivity contribution in [3.63, 3.8) is 0 Å².